The second-order valence-electron chi connectivity index (χ2n) is 7.07. The van der Waals surface area contributed by atoms with Crippen LogP contribution in [-0.2, 0) is 24.3 Å². The Labute approximate surface area is 163 Å². The molecule has 2 atom stereocenters. The van der Waals surface area contributed by atoms with Gasteiger partial charge in [-0.1, -0.05) is 45.4 Å². The van der Waals surface area contributed by atoms with Gasteiger partial charge in [-0.2, -0.15) is 20.2 Å². The molecule has 6 nitrogen and oxygen atoms in total. The van der Waals surface area contributed by atoms with Gasteiger partial charge in [-0.15, -0.1) is 0 Å². The van der Waals surface area contributed by atoms with E-state index in [4.69, 9.17) is 18.8 Å². The molecule has 0 aromatic heterocycles. The van der Waals surface area contributed by atoms with E-state index in [-0.39, 0.29) is 31.5 Å². The van der Waals surface area contributed by atoms with Crippen molar-refractivity contribution in [3.05, 3.63) is 0 Å². The molecule has 0 amide bonds. The van der Waals surface area contributed by atoms with Crippen molar-refractivity contribution in [1.29, 1.82) is 0 Å². The lowest BCUT2D eigenvalue weighted by molar-refractivity contribution is -0.187. The largest absolute Gasteiger partial charge is 0.376 e. The Hall–Kier alpha value is 0.140. The minimum Gasteiger partial charge on any atom is -0.376 e. The van der Waals surface area contributed by atoms with E-state index in [1.807, 2.05) is 18.7 Å². The van der Waals surface area contributed by atoms with E-state index < -0.39 is 15.9 Å². The summed E-state index contributed by atoms with van der Waals surface area (Å²) in [6.45, 7) is 5.16. The number of unbranched alkanes of at least 4 members (excludes halogenated alkanes) is 6. The number of thioether (sulfide) groups is 1. The van der Waals surface area contributed by atoms with E-state index in [1.54, 1.807) is 0 Å². The maximum absolute atomic E-state index is 10.6. The molecule has 156 valence electrons. The fraction of sp³-hybridized carbons (Fsp3) is 1.00. The van der Waals surface area contributed by atoms with E-state index in [1.165, 1.54) is 44.9 Å². The molecule has 1 rings (SSSR count). The molecule has 0 aromatic carbocycles. The van der Waals surface area contributed by atoms with Crippen molar-refractivity contribution in [3.8, 4) is 0 Å². The molecule has 0 radical (unpaired) electrons. The Balaban J connectivity index is 1.99. The Bertz CT molecular complexity index is 457. The molecule has 8 heteroatoms. The minimum atomic E-state index is -3.92. The van der Waals surface area contributed by atoms with Gasteiger partial charge < -0.3 is 14.2 Å². The van der Waals surface area contributed by atoms with Crippen molar-refractivity contribution in [2.45, 2.75) is 77.1 Å². The third kappa shape index (κ3) is 12.5. The molecule has 1 aliphatic rings. The third-order valence-corrected chi connectivity index (χ3v) is 6.23. The van der Waals surface area contributed by atoms with Gasteiger partial charge in [-0.05, 0) is 25.5 Å². The standard InChI is InChI=1S/C18H36O6S2/c1-3-4-5-6-7-8-9-12-25-15-17-14-23-18(2,24-17)16-22-11-10-13-26(19,20)21/h17H,3-16H2,1-2H3,(H,19,20,21). The van der Waals surface area contributed by atoms with Gasteiger partial charge in [0.2, 0.25) is 0 Å². The van der Waals surface area contributed by atoms with Gasteiger partial charge in [0, 0.05) is 12.4 Å². The van der Waals surface area contributed by atoms with Crippen LogP contribution in [0.25, 0.3) is 0 Å². The van der Waals surface area contributed by atoms with Crippen LogP contribution in [-0.4, -0.2) is 61.9 Å². The van der Waals surface area contributed by atoms with Gasteiger partial charge in [0.05, 0.1) is 18.5 Å². The maximum atomic E-state index is 10.6. The lowest BCUT2D eigenvalue weighted by Crippen LogP contribution is -2.33. The van der Waals surface area contributed by atoms with Gasteiger partial charge in [0.25, 0.3) is 10.1 Å². The fourth-order valence-electron chi connectivity index (χ4n) is 2.82. The van der Waals surface area contributed by atoms with Crippen LogP contribution in [0.4, 0.5) is 0 Å². The summed E-state index contributed by atoms with van der Waals surface area (Å²) in [4.78, 5) is 0. The highest BCUT2D eigenvalue weighted by Crippen LogP contribution is 2.26. The normalized spacial score (nSPS) is 23.6. The van der Waals surface area contributed by atoms with Crippen LogP contribution in [0.3, 0.4) is 0 Å². The van der Waals surface area contributed by atoms with Gasteiger partial charge >= 0.3 is 0 Å². The molecule has 0 spiro atoms. The highest BCUT2D eigenvalue weighted by Gasteiger charge is 2.37. The van der Waals surface area contributed by atoms with Crippen molar-refractivity contribution in [2.24, 2.45) is 0 Å². The summed E-state index contributed by atoms with van der Waals surface area (Å²) in [5.74, 6) is 1.04. The van der Waals surface area contributed by atoms with Crippen molar-refractivity contribution >= 4 is 21.9 Å². The Kier molecular flexibility index (Phi) is 12.4. The van der Waals surface area contributed by atoms with Crippen LogP contribution in [0.5, 0.6) is 0 Å². The van der Waals surface area contributed by atoms with Crippen LogP contribution < -0.4 is 0 Å². The smallest absolute Gasteiger partial charge is 0.264 e. The molecule has 26 heavy (non-hydrogen) atoms. The molecule has 1 saturated heterocycles. The second-order valence-corrected chi connectivity index (χ2v) is 9.79. The molecular formula is C18H36O6S2. The third-order valence-electron chi connectivity index (χ3n) is 4.24. The van der Waals surface area contributed by atoms with Crippen molar-refractivity contribution in [1.82, 2.24) is 0 Å². The Morgan fingerprint density at radius 3 is 2.54 bits per heavy atom. The minimum absolute atomic E-state index is 0.0796. The molecule has 0 bridgehead atoms. The molecule has 0 aromatic rings. The first-order valence-electron chi connectivity index (χ1n) is 9.77. The molecule has 1 aliphatic heterocycles. The average molecular weight is 413 g/mol. The average Bonchev–Trinajstić information content (AvgIpc) is 2.93. The highest BCUT2D eigenvalue weighted by atomic mass is 32.2. The van der Waals surface area contributed by atoms with E-state index in [9.17, 15) is 8.42 Å². The Morgan fingerprint density at radius 2 is 1.85 bits per heavy atom. The van der Waals surface area contributed by atoms with E-state index in [0.29, 0.717) is 6.61 Å². The van der Waals surface area contributed by atoms with Crippen LogP contribution in [0.1, 0.15) is 65.2 Å². The van der Waals surface area contributed by atoms with E-state index in [0.717, 1.165) is 11.5 Å². The quantitative estimate of drug-likeness (QED) is 0.304. The topological polar surface area (TPSA) is 82.1 Å². The highest BCUT2D eigenvalue weighted by molar-refractivity contribution is 7.99. The molecular weight excluding hydrogens is 376 g/mol. The first-order chi connectivity index (χ1) is 12.3. The second kappa shape index (κ2) is 13.3. The van der Waals surface area contributed by atoms with Gasteiger partial charge in [-0.25, -0.2) is 0 Å². The number of rotatable bonds is 16. The predicted molar refractivity (Wildman–Crippen MR) is 106 cm³/mol. The predicted octanol–water partition coefficient (Wildman–Crippen LogP) is 3.90. The summed E-state index contributed by atoms with van der Waals surface area (Å²) in [5, 5.41) is 0. The molecule has 2 unspecified atom stereocenters. The number of ether oxygens (including phenoxy) is 3. The number of hydrogen-bond acceptors (Lipinski definition) is 6. The summed E-state index contributed by atoms with van der Waals surface area (Å²) in [6, 6.07) is 0. The fourth-order valence-corrected chi connectivity index (χ4v) is 4.31. The Morgan fingerprint density at radius 1 is 1.15 bits per heavy atom. The molecule has 0 saturated carbocycles. The molecule has 1 N–H and O–H groups in total. The van der Waals surface area contributed by atoms with Crippen LogP contribution >= 0.6 is 11.8 Å². The monoisotopic (exact) mass is 412 g/mol. The molecule has 1 fully saturated rings. The van der Waals surface area contributed by atoms with Crippen molar-refractivity contribution < 1.29 is 27.2 Å². The van der Waals surface area contributed by atoms with Crippen LogP contribution in [0.2, 0.25) is 0 Å². The molecule has 0 aliphatic carbocycles. The summed E-state index contributed by atoms with van der Waals surface area (Å²) in [7, 11) is -3.92. The van der Waals surface area contributed by atoms with Gasteiger partial charge in [0.15, 0.2) is 5.79 Å². The lowest BCUT2D eigenvalue weighted by Gasteiger charge is -2.23. The zero-order valence-corrected chi connectivity index (χ0v) is 17.9. The summed E-state index contributed by atoms with van der Waals surface area (Å²) >= 11 is 1.91. The lowest BCUT2D eigenvalue weighted by atomic mass is 10.1. The van der Waals surface area contributed by atoms with Crippen LogP contribution in [0.15, 0.2) is 0 Å². The van der Waals surface area contributed by atoms with E-state index >= 15 is 0 Å². The zero-order chi connectivity index (χ0) is 19.3. The molecule has 1 heterocycles. The van der Waals surface area contributed by atoms with E-state index in [2.05, 4.69) is 6.92 Å². The maximum Gasteiger partial charge on any atom is 0.264 e. The zero-order valence-electron chi connectivity index (χ0n) is 16.3. The first kappa shape index (κ1) is 24.2. The SMILES string of the molecule is CCCCCCCCCSCC1COC(C)(COCCCS(=O)(=O)O)O1. The summed E-state index contributed by atoms with van der Waals surface area (Å²) in [5.41, 5.74) is 0. The summed E-state index contributed by atoms with van der Waals surface area (Å²) < 4.78 is 47.0. The van der Waals surface area contributed by atoms with Crippen molar-refractivity contribution in [2.75, 3.05) is 37.1 Å². The van der Waals surface area contributed by atoms with Gasteiger partial charge in [-0.3, -0.25) is 4.55 Å². The van der Waals surface area contributed by atoms with Crippen LogP contribution in [0, 0.1) is 0 Å². The van der Waals surface area contributed by atoms with Crippen molar-refractivity contribution in [3.63, 3.8) is 0 Å². The summed E-state index contributed by atoms with van der Waals surface area (Å²) in [6.07, 6.45) is 9.64. The van der Waals surface area contributed by atoms with Gasteiger partial charge in [0.1, 0.15) is 6.61 Å². The number of hydrogen-bond donors (Lipinski definition) is 1. The first-order valence-corrected chi connectivity index (χ1v) is 12.5.